The number of esters is 1. The second-order valence-electron chi connectivity index (χ2n) is 6.74. The lowest BCUT2D eigenvalue weighted by atomic mass is 9.84. The molecule has 2 aromatic carbocycles. The highest BCUT2D eigenvalue weighted by Crippen LogP contribution is 2.33. The quantitative estimate of drug-likeness (QED) is 0.851. The number of hydrogen-bond acceptors (Lipinski definition) is 4. The van der Waals surface area contributed by atoms with Crippen molar-refractivity contribution >= 4 is 5.97 Å². The molecule has 132 valence electrons. The van der Waals surface area contributed by atoms with E-state index in [1.807, 2.05) is 30.3 Å². The first-order valence-corrected chi connectivity index (χ1v) is 8.74. The van der Waals surface area contributed by atoms with Gasteiger partial charge in [-0.2, -0.15) is 0 Å². The molecule has 1 heterocycles. The Morgan fingerprint density at radius 3 is 2.28 bits per heavy atom. The molecule has 25 heavy (non-hydrogen) atoms. The molecule has 0 aromatic heterocycles. The number of nitrogens with zero attached hydrogens (tertiary/aromatic N) is 1. The van der Waals surface area contributed by atoms with Crippen molar-refractivity contribution in [1.29, 1.82) is 0 Å². The van der Waals surface area contributed by atoms with Crippen LogP contribution in [0.2, 0.25) is 0 Å². The number of benzene rings is 2. The van der Waals surface area contributed by atoms with Crippen molar-refractivity contribution in [2.45, 2.75) is 31.4 Å². The second-order valence-corrected chi connectivity index (χ2v) is 6.74. The van der Waals surface area contributed by atoms with Gasteiger partial charge in [0, 0.05) is 19.6 Å². The smallest absolute Gasteiger partial charge is 0.309 e. The lowest BCUT2D eigenvalue weighted by Gasteiger charge is -2.38. The second kappa shape index (κ2) is 7.81. The molecule has 1 N–H and O–H groups in total. The number of ether oxygens (including phenoxy) is 1. The lowest BCUT2D eigenvalue weighted by Crippen LogP contribution is -2.42. The van der Waals surface area contributed by atoms with Gasteiger partial charge < -0.3 is 9.84 Å². The number of carbonyl (C=O) groups excluding carboxylic acids is 1. The topological polar surface area (TPSA) is 49.8 Å². The van der Waals surface area contributed by atoms with Gasteiger partial charge in [-0.3, -0.25) is 9.69 Å². The molecular formula is C21H25NO3. The minimum absolute atomic E-state index is 0.249. The van der Waals surface area contributed by atoms with Gasteiger partial charge in [-0.05, 0) is 29.5 Å². The number of likely N-dealkylation sites (tertiary alicyclic amines) is 1. The Labute approximate surface area is 149 Å². The Hall–Kier alpha value is -2.17. The van der Waals surface area contributed by atoms with Crippen molar-refractivity contribution in [3.05, 3.63) is 71.3 Å². The predicted octanol–water partition coefficient (Wildman–Crippen LogP) is 2.89. The molecule has 0 spiro atoms. The van der Waals surface area contributed by atoms with Gasteiger partial charge in [0.2, 0.25) is 0 Å². The maximum Gasteiger partial charge on any atom is 0.309 e. The summed E-state index contributed by atoms with van der Waals surface area (Å²) in [5, 5.41) is 11.0. The molecule has 0 atom stereocenters. The Balaban J connectivity index is 1.59. The highest BCUT2D eigenvalue weighted by atomic mass is 16.5. The number of piperidine rings is 1. The van der Waals surface area contributed by atoms with E-state index in [2.05, 4.69) is 33.9 Å². The largest absolute Gasteiger partial charge is 0.469 e. The van der Waals surface area contributed by atoms with E-state index in [0.717, 1.165) is 43.6 Å². The standard InChI is InChI=1S/C21H25NO3/c1-25-20(23)15-17-7-9-19(10-8-17)21(24)11-13-22(14-12-21)16-18-5-3-2-4-6-18/h2-10,24H,11-16H2,1H3. The molecule has 4 heteroatoms. The van der Waals surface area contributed by atoms with Crippen LogP contribution in [0.15, 0.2) is 54.6 Å². The molecular weight excluding hydrogens is 314 g/mol. The Kier molecular flexibility index (Phi) is 5.51. The summed E-state index contributed by atoms with van der Waals surface area (Å²) < 4.78 is 4.69. The maximum absolute atomic E-state index is 11.3. The van der Waals surface area contributed by atoms with Crippen molar-refractivity contribution in [3.63, 3.8) is 0 Å². The molecule has 0 aliphatic carbocycles. The van der Waals surface area contributed by atoms with Gasteiger partial charge >= 0.3 is 5.97 Å². The van der Waals surface area contributed by atoms with Crippen LogP contribution in [-0.2, 0) is 28.1 Å². The van der Waals surface area contributed by atoms with Gasteiger partial charge in [-0.1, -0.05) is 54.6 Å². The fourth-order valence-electron chi connectivity index (χ4n) is 3.38. The molecule has 0 bridgehead atoms. The van der Waals surface area contributed by atoms with E-state index in [9.17, 15) is 9.90 Å². The first kappa shape index (κ1) is 17.6. The first-order valence-electron chi connectivity index (χ1n) is 8.74. The normalized spacial score (nSPS) is 17.2. The fraction of sp³-hybridized carbons (Fsp3) is 0.381. The zero-order chi connectivity index (χ0) is 17.7. The third-order valence-corrected chi connectivity index (χ3v) is 5.00. The predicted molar refractivity (Wildman–Crippen MR) is 97.0 cm³/mol. The number of hydrogen-bond donors (Lipinski definition) is 1. The van der Waals surface area contributed by atoms with Crippen molar-refractivity contribution in [1.82, 2.24) is 4.90 Å². The number of carbonyl (C=O) groups is 1. The third kappa shape index (κ3) is 4.47. The lowest BCUT2D eigenvalue weighted by molar-refractivity contribution is -0.139. The van der Waals surface area contributed by atoms with Gasteiger partial charge in [0.15, 0.2) is 0 Å². The van der Waals surface area contributed by atoms with Crippen LogP contribution in [-0.4, -0.2) is 36.2 Å². The van der Waals surface area contributed by atoms with E-state index in [0.29, 0.717) is 0 Å². The van der Waals surface area contributed by atoms with Gasteiger partial charge in [0.05, 0.1) is 19.1 Å². The van der Waals surface area contributed by atoms with Crippen LogP contribution in [0.4, 0.5) is 0 Å². The molecule has 0 unspecified atom stereocenters. The number of methoxy groups -OCH3 is 1. The van der Waals surface area contributed by atoms with Gasteiger partial charge in [-0.15, -0.1) is 0 Å². The molecule has 2 aromatic rings. The zero-order valence-corrected chi connectivity index (χ0v) is 14.6. The maximum atomic E-state index is 11.3. The Morgan fingerprint density at radius 1 is 1.04 bits per heavy atom. The van der Waals surface area contributed by atoms with Crippen LogP contribution in [0.25, 0.3) is 0 Å². The Bertz CT molecular complexity index is 689. The number of rotatable bonds is 5. The summed E-state index contributed by atoms with van der Waals surface area (Å²) in [4.78, 5) is 13.7. The molecule has 1 fully saturated rings. The summed E-state index contributed by atoms with van der Waals surface area (Å²) in [6, 6.07) is 18.1. The summed E-state index contributed by atoms with van der Waals surface area (Å²) in [7, 11) is 1.39. The molecule has 0 saturated carbocycles. The third-order valence-electron chi connectivity index (χ3n) is 5.00. The summed E-state index contributed by atoms with van der Waals surface area (Å²) in [6.07, 6.45) is 1.70. The van der Waals surface area contributed by atoms with Crippen LogP contribution in [0.1, 0.15) is 29.5 Å². The minimum atomic E-state index is -0.781. The van der Waals surface area contributed by atoms with Crippen LogP contribution >= 0.6 is 0 Å². The van der Waals surface area contributed by atoms with Crippen molar-refractivity contribution in [2.24, 2.45) is 0 Å². The SMILES string of the molecule is COC(=O)Cc1ccc(C2(O)CCN(Cc3ccccc3)CC2)cc1. The highest BCUT2D eigenvalue weighted by molar-refractivity contribution is 5.72. The highest BCUT2D eigenvalue weighted by Gasteiger charge is 2.33. The number of aliphatic hydroxyl groups is 1. The van der Waals surface area contributed by atoms with E-state index < -0.39 is 5.60 Å². The fourth-order valence-corrected chi connectivity index (χ4v) is 3.38. The van der Waals surface area contributed by atoms with Crippen LogP contribution in [0, 0.1) is 0 Å². The van der Waals surface area contributed by atoms with Crippen LogP contribution in [0.5, 0.6) is 0 Å². The van der Waals surface area contributed by atoms with E-state index in [-0.39, 0.29) is 12.4 Å². The molecule has 3 rings (SSSR count). The van der Waals surface area contributed by atoms with Gasteiger partial charge in [-0.25, -0.2) is 0 Å². The van der Waals surface area contributed by atoms with E-state index in [1.54, 1.807) is 0 Å². The molecule has 1 aliphatic heterocycles. The molecule has 1 aliphatic rings. The average Bonchev–Trinajstić information content (AvgIpc) is 2.65. The van der Waals surface area contributed by atoms with Crippen molar-refractivity contribution in [2.75, 3.05) is 20.2 Å². The monoisotopic (exact) mass is 339 g/mol. The van der Waals surface area contributed by atoms with E-state index in [4.69, 9.17) is 0 Å². The summed E-state index contributed by atoms with van der Waals surface area (Å²) in [6.45, 7) is 2.67. The average molecular weight is 339 g/mol. The molecule has 0 radical (unpaired) electrons. The van der Waals surface area contributed by atoms with Gasteiger partial charge in [0.25, 0.3) is 0 Å². The molecule has 4 nitrogen and oxygen atoms in total. The molecule has 1 saturated heterocycles. The molecule has 0 amide bonds. The zero-order valence-electron chi connectivity index (χ0n) is 14.6. The van der Waals surface area contributed by atoms with Gasteiger partial charge in [0.1, 0.15) is 0 Å². The summed E-state index contributed by atoms with van der Waals surface area (Å²) >= 11 is 0. The van der Waals surface area contributed by atoms with Crippen LogP contribution in [0.3, 0.4) is 0 Å². The van der Waals surface area contributed by atoms with E-state index >= 15 is 0 Å². The van der Waals surface area contributed by atoms with E-state index in [1.165, 1.54) is 12.7 Å². The van der Waals surface area contributed by atoms with Crippen molar-refractivity contribution in [3.8, 4) is 0 Å². The summed E-state index contributed by atoms with van der Waals surface area (Å²) in [5.74, 6) is -0.249. The van der Waals surface area contributed by atoms with Crippen LogP contribution < -0.4 is 0 Å². The first-order chi connectivity index (χ1) is 12.1. The minimum Gasteiger partial charge on any atom is -0.469 e. The summed E-state index contributed by atoms with van der Waals surface area (Å²) in [5.41, 5.74) is 2.36. The Morgan fingerprint density at radius 2 is 1.68 bits per heavy atom. The van der Waals surface area contributed by atoms with Crippen molar-refractivity contribution < 1.29 is 14.6 Å².